The molecule has 2 heterocycles. The fraction of sp³-hybridized carbons (Fsp3) is 0.857. The maximum atomic E-state index is 12.0. The molecular weight excluding hydrogens is 272 g/mol. The summed E-state index contributed by atoms with van der Waals surface area (Å²) in [5, 5.41) is 11.7. The first kappa shape index (κ1) is 16.0. The molecule has 7 heteroatoms. The van der Waals surface area contributed by atoms with E-state index in [1.54, 1.807) is 4.90 Å². The maximum absolute atomic E-state index is 12.0. The van der Waals surface area contributed by atoms with Gasteiger partial charge in [-0.2, -0.15) is 0 Å². The van der Waals surface area contributed by atoms with E-state index in [0.29, 0.717) is 32.7 Å². The molecule has 0 saturated carbocycles. The van der Waals surface area contributed by atoms with Gasteiger partial charge in [-0.05, 0) is 25.9 Å². The Morgan fingerprint density at radius 3 is 2.19 bits per heavy atom. The van der Waals surface area contributed by atoms with Crippen molar-refractivity contribution in [2.24, 2.45) is 0 Å². The zero-order chi connectivity index (χ0) is 15.1. The van der Waals surface area contributed by atoms with Gasteiger partial charge < -0.3 is 20.2 Å². The van der Waals surface area contributed by atoms with E-state index in [2.05, 4.69) is 10.2 Å². The molecule has 0 unspecified atom stereocenters. The number of hydrogen-bond acceptors (Lipinski definition) is 4. The zero-order valence-corrected chi connectivity index (χ0v) is 12.6. The third-order valence-corrected chi connectivity index (χ3v) is 4.17. The molecule has 2 aliphatic heterocycles. The molecule has 21 heavy (non-hydrogen) atoms. The summed E-state index contributed by atoms with van der Waals surface area (Å²) in [7, 11) is 0. The number of urea groups is 1. The predicted molar refractivity (Wildman–Crippen MR) is 79.3 cm³/mol. The van der Waals surface area contributed by atoms with Crippen LogP contribution in [0.2, 0.25) is 0 Å². The van der Waals surface area contributed by atoms with Crippen LogP contribution in [0.3, 0.4) is 0 Å². The normalized spacial score (nSPS) is 21.2. The molecule has 2 saturated heterocycles. The van der Waals surface area contributed by atoms with E-state index < -0.39 is 5.97 Å². The highest BCUT2D eigenvalue weighted by atomic mass is 16.4. The molecule has 0 aromatic heterocycles. The second-order valence-corrected chi connectivity index (χ2v) is 5.79. The monoisotopic (exact) mass is 298 g/mol. The molecular formula is C14H26N4O3. The lowest BCUT2D eigenvalue weighted by Gasteiger charge is -2.34. The number of nitrogens with one attached hydrogen (secondary N) is 1. The van der Waals surface area contributed by atoms with Gasteiger partial charge >= 0.3 is 12.0 Å². The van der Waals surface area contributed by atoms with Crippen molar-refractivity contribution in [3.05, 3.63) is 0 Å². The van der Waals surface area contributed by atoms with Crippen molar-refractivity contribution in [2.75, 3.05) is 58.9 Å². The Hall–Kier alpha value is -1.34. The van der Waals surface area contributed by atoms with Crippen LogP contribution in [0.1, 0.15) is 19.3 Å². The summed E-state index contributed by atoms with van der Waals surface area (Å²) < 4.78 is 0. The van der Waals surface area contributed by atoms with Gasteiger partial charge in [0.15, 0.2) is 0 Å². The minimum Gasteiger partial charge on any atom is -0.480 e. The number of amides is 2. The van der Waals surface area contributed by atoms with Crippen LogP contribution in [0, 0.1) is 0 Å². The molecule has 2 rings (SSSR count). The molecule has 120 valence electrons. The number of carboxylic acid groups (broad SMARTS) is 1. The van der Waals surface area contributed by atoms with Gasteiger partial charge in [-0.1, -0.05) is 6.42 Å². The van der Waals surface area contributed by atoms with Crippen molar-refractivity contribution in [3.63, 3.8) is 0 Å². The Bertz CT molecular complexity index is 350. The van der Waals surface area contributed by atoms with Crippen molar-refractivity contribution in [2.45, 2.75) is 19.3 Å². The van der Waals surface area contributed by atoms with Gasteiger partial charge in [0, 0.05) is 39.3 Å². The van der Waals surface area contributed by atoms with E-state index in [1.165, 1.54) is 19.3 Å². The molecule has 2 amide bonds. The van der Waals surface area contributed by atoms with Crippen molar-refractivity contribution in [3.8, 4) is 0 Å². The number of piperidine rings is 1. The van der Waals surface area contributed by atoms with Crippen LogP contribution in [0.5, 0.6) is 0 Å². The summed E-state index contributed by atoms with van der Waals surface area (Å²) in [6, 6.07) is -0.0259. The van der Waals surface area contributed by atoms with Crippen LogP contribution in [-0.2, 0) is 4.79 Å². The van der Waals surface area contributed by atoms with Crippen LogP contribution in [0.25, 0.3) is 0 Å². The molecule has 0 spiro atoms. The summed E-state index contributed by atoms with van der Waals surface area (Å²) in [6.45, 7) is 6.42. The van der Waals surface area contributed by atoms with Crippen molar-refractivity contribution < 1.29 is 14.7 Å². The third-order valence-electron chi connectivity index (χ3n) is 4.17. The summed E-state index contributed by atoms with van der Waals surface area (Å²) >= 11 is 0. The van der Waals surface area contributed by atoms with E-state index in [4.69, 9.17) is 5.11 Å². The van der Waals surface area contributed by atoms with Gasteiger partial charge in [-0.15, -0.1) is 0 Å². The van der Waals surface area contributed by atoms with Crippen LogP contribution in [-0.4, -0.2) is 90.7 Å². The lowest BCUT2D eigenvalue weighted by Crippen LogP contribution is -2.53. The number of likely N-dealkylation sites (tertiary alicyclic amines) is 1. The molecule has 0 aromatic carbocycles. The maximum Gasteiger partial charge on any atom is 0.317 e. The number of aliphatic carboxylic acids is 1. The quantitative estimate of drug-likeness (QED) is 0.740. The third kappa shape index (κ3) is 5.51. The minimum atomic E-state index is -0.811. The molecule has 2 N–H and O–H groups in total. The van der Waals surface area contributed by atoms with E-state index in [1.807, 2.05) is 4.90 Å². The zero-order valence-electron chi connectivity index (χ0n) is 12.6. The Balaban J connectivity index is 1.59. The van der Waals surface area contributed by atoms with Crippen molar-refractivity contribution in [1.82, 2.24) is 20.0 Å². The summed E-state index contributed by atoms with van der Waals surface area (Å²) in [5.74, 6) is -0.811. The van der Waals surface area contributed by atoms with Crippen molar-refractivity contribution in [1.29, 1.82) is 0 Å². The number of rotatable bonds is 5. The summed E-state index contributed by atoms with van der Waals surface area (Å²) in [4.78, 5) is 28.7. The largest absolute Gasteiger partial charge is 0.480 e. The Morgan fingerprint density at radius 1 is 0.905 bits per heavy atom. The van der Waals surface area contributed by atoms with Crippen LogP contribution in [0.15, 0.2) is 0 Å². The van der Waals surface area contributed by atoms with Gasteiger partial charge in [0.1, 0.15) is 0 Å². The van der Waals surface area contributed by atoms with Gasteiger partial charge in [-0.25, -0.2) is 4.79 Å². The van der Waals surface area contributed by atoms with Gasteiger partial charge in [-0.3, -0.25) is 9.69 Å². The van der Waals surface area contributed by atoms with Gasteiger partial charge in [0.05, 0.1) is 6.54 Å². The lowest BCUT2D eigenvalue weighted by molar-refractivity contribution is -0.138. The highest BCUT2D eigenvalue weighted by molar-refractivity contribution is 5.74. The molecule has 0 aliphatic carbocycles. The predicted octanol–water partition coefficient (Wildman–Crippen LogP) is -0.116. The summed E-state index contributed by atoms with van der Waals surface area (Å²) in [6.07, 6.45) is 3.85. The van der Waals surface area contributed by atoms with Gasteiger partial charge in [0.2, 0.25) is 0 Å². The van der Waals surface area contributed by atoms with E-state index in [9.17, 15) is 9.59 Å². The lowest BCUT2D eigenvalue weighted by atomic mass is 10.1. The number of carbonyl (C=O) groups excluding carboxylic acids is 1. The second-order valence-electron chi connectivity index (χ2n) is 5.79. The Kier molecular flexibility index (Phi) is 6.25. The number of carboxylic acids is 1. The molecule has 0 atom stereocenters. The number of piperazine rings is 1. The topological polar surface area (TPSA) is 76.1 Å². The smallest absolute Gasteiger partial charge is 0.317 e. The average molecular weight is 298 g/mol. The molecule has 2 fully saturated rings. The second kappa shape index (κ2) is 8.19. The van der Waals surface area contributed by atoms with Gasteiger partial charge in [0.25, 0.3) is 0 Å². The molecule has 2 aliphatic rings. The Morgan fingerprint density at radius 2 is 1.57 bits per heavy atom. The van der Waals surface area contributed by atoms with E-state index in [0.717, 1.165) is 19.6 Å². The number of hydrogen-bond donors (Lipinski definition) is 2. The first-order chi connectivity index (χ1) is 10.1. The number of carbonyl (C=O) groups is 2. The molecule has 0 radical (unpaired) electrons. The standard InChI is InChI=1S/C14H26N4O3/c19-13(20)12-17-8-10-18(11-9-17)14(21)15-4-7-16-5-2-1-3-6-16/h1-12H2,(H,15,21)(H,19,20). The molecule has 0 aromatic rings. The molecule has 7 nitrogen and oxygen atoms in total. The van der Waals surface area contributed by atoms with E-state index in [-0.39, 0.29) is 12.6 Å². The van der Waals surface area contributed by atoms with Crippen LogP contribution >= 0.6 is 0 Å². The van der Waals surface area contributed by atoms with Crippen LogP contribution in [0.4, 0.5) is 4.79 Å². The number of nitrogens with zero attached hydrogens (tertiary/aromatic N) is 3. The van der Waals surface area contributed by atoms with E-state index >= 15 is 0 Å². The fourth-order valence-corrected chi connectivity index (χ4v) is 2.92. The Labute approximate surface area is 125 Å². The molecule has 0 bridgehead atoms. The van der Waals surface area contributed by atoms with Crippen molar-refractivity contribution >= 4 is 12.0 Å². The highest BCUT2D eigenvalue weighted by Crippen LogP contribution is 2.07. The summed E-state index contributed by atoms with van der Waals surface area (Å²) in [5.41, 5.74) is 0. The fourth-order valence-electron chi connectivity index (χ4n) is 2.92. The first-order valence-corrected chi connectivity index (χ1v) is 7.84. The van der Waals surface area contributed by atoms with Crippen LogP contribution < -0.4 is 5.32 Å². The first-order valence-electron chi connectivity index (χ1n) is 7.84. The average Bonchev–Trinajstić information content (AvgIpc) is 2.48. The highest BCUT2D eigenvalue weighted by Gasteiger charge is 2.22. The minimum absolute atomic E-state index is 0.0259. The SMILES string of the molecule is O=C(O)CN1CCN(C(=O)NCCN2CCCCC2)CC1.